The zero-order valence-electron chi connectivity index (χ0n) is 7.97. The predicted octanol–water partition coefficient (Wildman–Crippen LogP) is 2.98. The van der Waals surface area contributed by atoms with E-state index in [0.29, 0.717) is 0 Å². The van der Waals surface area contributed by atoms with Gasteiger partial charge in [0.25, 0.3) is 0 Å². The summed E-state index contributed by atoms with van der Waals surface area (Å²) in [6.45, 7) is 7.57. The second-order valence-electron chi connectivity index (χ2n) is 2.36. The molecule has 0 spiro atoms. The van der Waals surface area contributed by atoms with Crippen LogP contribution in [0, 0.1) is 0 Å². The van der Waals surface area contributed by atoms with Crippen LogP contribution < -0.4 is 5.32 Å². The molecule has 0 aromatic rings. The van der Waals surface area contributed by atoms with Crippen molar-refractivity contribution in [1.82, 2.24) is 5.32 Å². The molecule has 0 aliphatic rings. The Morgan fingerprint density at radius 2 is 1.83 bits per heavy atom. The fourth-order valence-corrected chi connectivity index (χ4v) is 0.587. The molecule has 0 heterocycles. The Balaban J connectivity index is 0. The van der Waals surface area contributed by atoms with Crippen molar-refractivity contribution < 1.29 is 9.90 Å². The number of hydrogen-bond acceptors (Lipinski definition) is 1. The second-order valence-corrected chi connectivity index (χ2v) is 2.36. The molecule has 0 atom stereocenters. The lowest BCUT2D eigenvalue weighted by Gasteiger charge is -1.86. The summed E-state index contributed by atoms with van der Waals surface area (Å²) < 4.78 is 0. The Kier molecular flexibility index (Phi) is 14.3. The molecular weight excluding hydrogens is 154 g/mol. The molecule has 12 heavy (non-hydrogen) atoms. The summed E-state index contributed by atoms with van der Waals surface area (Å²) in [6.07, 6.45) is 5.56. The minimum absolute atomic E-state index is 1.08. The Labute approximate surface area is 74.5 Å². The van der Waals surface area contributed by atoms with Gasteiger partial charge >= 0.3 is 6.09 Å². The van der Waals surface area contributed by atoms with Gasteiger partial charge in [0.05, 0.1) is 0 Å². The lowest BCUT2D eigenvalue weighted by atomic mass is 10.2. The first-order valence-electron chi connectivity index (χ1n) is 4.29. The third kappa shape index (κ3) is 23.0. The molecule has 0 aromatic heterocycles. The van der Waals surface area contributed by atoms with Gasteiger partial charge in [-0.15, -0.1) is 0 Å². The van der Waals surface area contributed by atoms with Crippen molar-refractivity contribution in [1.29, 1.82) is 0 Å². The third-order valence-electron chi connectivity index (χ3n) is 1.18. The van der Waals surface area contributed by atoms with Gasteiger partial charge in [0.2, 0.25) is 0 Å². The van der Waals surface area contributed by atoms with Crippen LogP contribution in [-0.4, -0.2) is 11.2 Å². The molecule has 3 heteroatoms. The quantitative estimate of drug-likeness (QED) is 0.642. The van der Waals surface area contributed by atoms with Crippen LogP contribution in [0.5, 0.6) is 0 Å². The van der Waals surface area contributed by atoms with E-state index in [0.717, 1.165) is 6.20 Å². The van der Waals surface area contributed by atoms with Crippen LogP contribution in [0.3, 0.4) is 0 Å². The Hall–Kier alpha value is -0.990. The summed E-state index contributed by atoms with van der Waals surface area (Å²) in [6, 6.07) is 0. The Bertz CT molecular complexity index is 109. The van der Waals surface area contributed by atoms with E-state index in [2.05, 4.69) is 20.4 Å². The summed E-state index contributed by atoms with van der Waals surface area (Å²) in [5.41, 5.74) is 0. The molecule has 0 bridgehead atoms. The third-order valence-corrected chi connectivity index (χ3v) is 1.18. The van der Waals surface area contributed by atoms with Crippen molar-refractivity contribution in [3.8, 4) is 0 Å². The van der Waals surface area contributed by atoms with E-state index in [-0.39, 0.29) is 0 Å². The lowest BCUT2D eigenvalue weighted by molar-refractivity contribution is 0.198. The van der Waals surface area contributed by atoms with Crippen molar-refractivity contribution in [3.63, 3.8) is 0 Å². The summed E-state index contributed by atoms with van der Waals surface area (Å²) in [7, 11) is 0. The fraction of sp³-hybridized carbons (Fsp3) is 0.667. The SMILES string of the molecule is C=CNC(=O)O.CCCCCC. The maximum Gasteiger partial charge on any atom is 0.408 e. The number of carboxylic acid groups (broad SMARTS) is 1. The summed E-state index contributed by atoms with van der Waals surface area (Å²) >= 11 is 0. The number of amides is 1. The molecular formula is C9H19NO2. The molecule has 0 fully saturated rings. The van der Waals surface area contributed by atoms with Gasteiger partial charge in [0, 0.05) is 0 Å². The molecule has 0 saturated heterocycles. The summed E-state index contributed by atoms with van der Waals surface area (Å²) in [5.74, 6) is 0. The van der Waals surface area contributed by atoms with Crippen LogP contribution in [-0.2, 0) is 0 Å². The highest BCUT2D eigenvalue weighted by atomic mass is 16.4. The molecule has 1 amide bonds. The first-order valence-corrected chi connectivity index (χ1v) is 4.29. The van der Waals surface area contributed by atoms with Gasteiger partial charge in [0.1, 0.15) is 0 Å². The zero-order chi connectivity index (χ0) is 9.82. The lowest BCUT2D eigenvalue weighted by Crippen LogP contribution is -2.11. The van der Waals surface area contributed by atoms with Crippen molar-refractivity contribution in [2.75, 3.05) is 0 Å². The van der Waals surface area contributed by atoms with E-state index in [1.54, 1.807) is 0 Å². The maximum atomic E-state index is 9.42. The second kappa shape index (κ2) is 12.7. The topological polar surface area (TPSA) is 49.3 Å². The van der Waals surface area contributed by atoms with Crippen LogP contribution >= 0.6 is 0 Å². The van der Waals surface area contributed by atoms with Crippen molar-refractivity contribution in [2.45, 2.75) is 39.5 Å². The number of unbranched alkanes of at least 4 members (excludes halogenated alkanes) is 3. The van der Waals surface area contributed by atoms with Gasteiger partial charge in [-0.2, -0.15) is 0 Å². The van der Waals surface area contributed by atoms with Gasteiger partial charge in [-0.1, -0.05) is 46.1 Å². The number of carbonyl (C=O) groups is 1. The monoisotopic (exact) mass is 173 g/mol. The van der Waals surface area contributed by atoms with Crippen molar-refractivity contribution in [2.24, 2.45) is 0 Å². The highest BCUT2D eigenvalue weighted by Crippen LogP contribution is 1.95. The average molecular weight is 173 g/mol. The Morgan fingerprint density at radius 3 is 1.92 bits per heavy atom. The Morgan fingerprint density at radius 1 is 1.42 bits per heavy atom. The van der Waals surface area contributed by atoms with Gasteiger partial charge in [-0.3, -0.25) is 5.32 Å². The molecule has 0 saturated carbocycles. The number of nitrogens with one attached hydrogen (secondary N) is 1. The number of rotatable bonds is 4. The normalized spacial score (nSPS) is 7.83. The first-order chi connectivity index (χ1) is 5.68. The van der Waals surface area contributed by atoms with Gasteiger partial charge in [0.15, 0.2) is 0 Å². The highest BCUT2D eigenvalue weighted by Gasteiger charge is 1.80. The molecule has 0 aromatic carbocycles. The standard InChI is InChI=1S/C6H14.C3H5NO2/c1-3-5-6-4-2;1-2-4-3(5)6/h3-6H2,1-2H3;2,4H,1H2,(H,5,6). The molecule has 72 valence electrons. The average Bonchev–Trinajstić information content (AvgIpc) is 2.02. The largest absolute Gasteiger partial charge is 0.465 e. The smallest absolute Gasteiger partial charge is 0.408 e. The molecule has 0 unspecified atom stereocenters. The van der Waals surface area contributed by atoms with Gasteiger partial charge in [-0.25, -0.2) is 4.79 Å². The fourth-order valence-electron chi connectivity index (χ4n) is 0.587. The van der Waals surface area contributed by atoms with E-state index in [1.807, 2.05) is 5.32 Å². The summed E-state index contributed by atoms with van der Waals surface area (Å²) in [4.78, 5) is 9.42. The molecule has 0 aliphatic heterocycles. The van der Waals surface area contributed by atoms with E-state index in [9.17, 15) is 4.79 Å². The first kappa shape index (κ1) is 13.6. The van der Waals surface area contributed by atoms with E-state index >= 15 is 0 Å². The molecule has 2 N–H and O–H groups in total. The minimum Gasteiger partial charge on any atom is -0.465 e. The van der Waals surface area contributed by atoms with Crippen LogP contribution in [0.2, 0.25) is 0 Å². The van der Waals surface area contributed by atoms with Crippen molar-refractivity contribution in [3.05, 3.63) is 12.8 Å². The van der Waals surface area contributed by atoms with E-state index < -0.39 is 6.09 Å². The van der Waals surface area contributed by atoms with Gasteiger partial charge < -0.3 is 5.11 Å². The van der Waals surface area contributed by atoms with E-state index in [4.69, 9.17) is 5.11 Å². The van der Waals surface area contributed by atoms with Crippen molar-refractivity contribution >= 4 is 6.09 Å². The highest BCUT2D eigenvalue weighted by molar-refractivity contribution is 5.65. The molecule has 3 nitrogen and oxygen atoms in total. The predicted molar refractivity (Wildman–Crippen MR) is 51.2 cm³/mol. The van der Waals surface area contributed by atoms with Crippen LogP contribution in [0.25, 0.3) is 0 Å². The summed E-state index contributed by atoms with van der Waals surface area (Å²) in [5, 5.41) is 9.62. The number of hydrogen-bond donors (Lipinski definition) is 2. The zero-order valence-corrected chi connectivity index (χ0v) is 7.97. The molecule has 0 rings (SSSR count). The van der Waals surface area contributed by atoms with Crippen LogP contribution in [0.15, 0.2) is 12.8 Å². The van der Waals surface area contributed by atoms with Crippen LogP contribution in [0.1, 0.15) is 39.5 Å². The van der Waals surface area contributed by atoms with Gasteiger partial charge in [-0.05, 0) is 6.20 Å². The molecule has 0 aliphatic carbocycles. The minimum atomic E-state index is -1.08. The van der Waals surface area contributed by atoms with Crippen LogP contribution in [0.4, 0.5) is 4.79 Å². The van der Waals surface area contributed by atoms with E-state index in [1.165, 1.54) is 25.7 Å². The maximum absolute atomic E-state index is 9.42. The molecule has 0 radical (unpaired) electrons.